The summed E-state index contributed by atoms with van der Waals surface area (Å²) in [4.78, 5) is 26.3. The Bertz CT molecular complexity index is 407. The third-order valence-corrected chi connectivity index (χ3v) is 3.65. The van der Waals surface area contributed by atoms with Crippen LogP contribution in [-0.4, -0.2) is 22.0 Å². The van der Waals surface area contributed by atoms with Crippen LogP contribution in [0, 0.1) is 11.8 Å². The summed E-state index contributed by atoms with van der Waals surface area (Å²) in [5.74, 6) is -2.64. The molecule has 0 aliphatic rings. The molecule has 0 saturated carbocycles. The highest BCUT2D eigenvalue weighted by molar-refractivity contribution is 9.11. The molecule has 1 heterocycles. The van der Waals surface area contributed by atoms with Crippen LogP contribution in [0.5, 0.6) is 0 Å². The van der Waals surface area contributed by atoms with Gasteiger partial charge in [-0.05, 0) is 15.9 Å². The number of aromatic nitrogens is 1. The molecule has 0 aliphatic heterocycles. The highest BCUT2D eigenvalue weighted by Crippen LogP contribution is 2.24. The number of carboxylic acid groups (broad SMARTS) is 1. The van der Waals surface area contributed by atoms with Crippen molar-refractivity contribution in [3.8, 4) is 0 Å². The lowest BCUT2D eigenvalue weighted by Gasteiger charge is -2.14. The van der Waals surface area contributed by atoms with Gasteiger partial charge >= 0.3 is 5.97 Å². The first kappa shape index (κ1) is 13.1. The molecule has 1 rings (SSSR count). The van der Waals surface area contributed by atoms with Crippen molar-refractivity contribution in [1.82, 2.24) is 4.98 Å². The summed E-state index contributed by atoms with van der Waals surface area (Å²) in [7, 11) is 0. The Morgan fingerprint density at radius 3 is 2.56 bits per heavy atom. The molecule has 1 amide bonds. The van der Waals surface area contributed by atoms with Crippen molar-refractivity contribution < 1.29 is 14.7 Å². The van der Waals surface area contributed by atoms with Gasteiger partial charge in [0.15, 0.2) is 5.13 Å². The number of halogens is 1. The largest absolute Gasteiger partial charge is 0.481 e. The van der Waals surface area contributed by atoms with Gasteiger partial charge in [-0.3, -0.25) is 9.59 Å². The molecule has 16 heavy (non-hydrogen) atoms. The fourth-order valence-corrected chi connectivity index (χ4v) is 2.08. The van der Waals surface area contributed by atoms with Gasteiger partial charge in [-0.2, -0.15) is 0 Å². The highest BCUT2D eigenvalue weighted by Gasteiger charge is 2.26. The van der Waals surface area contributed by atoms with Gasteiger partial charge in [-0.25, -0.2) is 4.98 Å². The molecule has 1 aromatic rings. The number of amides is 1. The van der Waals surface area contributed by atoms with E-state index in [0.29, 0.717) is 5.13 Å². The van der Waals surface area contributed by atoms with Crippen LogP contribution in [0.1, 0.15) is 13.8 Å². The van der Waals surface area contributed by atoms with Gasteiger partial charge < -0.3 is 10.4 Å². The standard InChI is InChI=1S/C9H11BrN2O3S/c1-4(5(2)8(14)15)7(13)12-9-11-3-6(10)16-9/h3-5H,1-2H3,(H,14,15)(H,11,12,13). The molecule has 2 atom stereocenters. The van der Waals surface area contributed by atoms with E-state index in [9.17, 15) is 9.59 Å². The van der Waals surface area contributed by atoms with Gasteiger partial charge in [0.25, 0.3) is 0 Å². The van der Waals surface area contributed by atoms with Gasteiger partial charge in [-0.1, -0.05) is 25.2 Å². The quantitative estimate of drug-likeness (QED) is 0.894. The zero-order valence-corrected chi connectivity index (χ0v) is 11.1. The van der Waals surface area contributed by atoms with Crippen LogP contribution in [-0.2, 0) is 9.59 Å². The molecule has 0 saturated heterocycles. The van der Waals surface area contributed by atoms with E-state index in [-0.39, 0.29) is 5.91 Å². The molecule has 5 nitrogen and oxygen atoms in total. The normalized spacial score (nSPS) is 14.2. The minimum atomic E-state index is -0.983. The van der Waals surface area contributed by atoms with Crippen molar-refractivity contribution in [3.63, 3.8) is 0 Å². The van der Waals surface area contributed by atoms with E-state index in [2.05, 4.69) is 26.2 Å². The first-order chi connectivity index (χ1) is 7.41. The molecule has 0 bridgehead atoms. The van der Waals surface area contributed by atoms with E-state index in [4.69, 9.17) is 5.11 Å². The Balaban J connectivity index is 2.62. The van der Waals surface area contributed by atoms with Crippen LogP contribution in [0.25, 0.3) is 0 Å². The summed E-state index contributed by atoms with van der Waals surface area (Å²) in [6.07, 6.45) is 1.57. The molecular formula is C9H11BrN2O3S. The third kappa shape index (κ3) is 3.28. The number of carbonyl (C=O) groups excluding carboxylic acids is 1. The highest BCUT2D eigenvalue weighted by atomic mass is 79.9. The molecule has 0 aromatic carbocycles. The summed E-state index contributed by atoms with van der Waals surface area (Å²) in [6.45, 7) is 3.08. The fraction of sp³-hybridized carbons (Fsp3) is 0.444. The van der Waals surface area contributed by atoms with Crippen molar-refractivity contribution in [3.05, 3.63) is 9.98 Å². The number of rotatable bonds is 4. The average molecular weight is 307 g/mol. The van der Waals surface area contributed by atoms with E-state index in [1.807, 2.05) is 0 Å². The number of carboxylic acids is 1. The van der Waals surface area contributed by atoms with E-state index >= 15 is 0 Å². The van der Waals surface area contributed by atoms with Crippen molar-refractivity contribution in [2.45, 2.75) is 13.8 Å². The molecule has 2 unspecified atom stereocenters. The number of thiazole rings is 1. The zero-order valence-electron chi connectivity index (χ0n) is 8.73. The van der Waals surface area contributed by atoms with E-state index in [0.717, 1.165) is 3.79 Å². The predicted molar refractivity (Wildman–Crippen MR) is 64.4 cm³/mol. The monoisotopic (exact) mass is 306 g/mol. The molecule has 0 aliphatic carbocycles. The smallest absolute Gasteiger partial charge is 0.307 e. The van der Waals surface area contributed by atoms with Gasteiger partial charge in [0, 0.05) is 5.92 Å². The summed E-state index contributed by atoms with van der Waals surface area (Å²) < 4.78 is 0.807. The van der Waals surface area contributed by atoms with Gasteiger partial charge in [-0.15, -0.1) is 0 Å². The minimum absolute atomic E-state index is 0.336. The second-order valence-corrected chi connectivity index (χ2v) is 5.78. The number of aliphatic carboxylic acids is 1. The maximum Gasteiger partial charge on any atom is 0.307 e. The molecule has 2 N–H and O–H groups in total. The van der Waals surface area contributed by atoms with Gasteiger partial charge in [0.05, 0.1) is 15.9 Å². The van der Waals surface area contributed by atoms with Crippen LogP contribution in [0.3, 0.4) is 0 Å². The molecule has 1 aromatic heterocycles. The van der Waals surface area contributed by atoms with Gasteiger partial charge in [0.2, 0.25) is 5.91 Å². The number of carbonyl (C=O) groups is 2. The van der Waals surface area contributed by atoms with Crippen molar-refractivity contribution in [2.24, 2.45) is 11.8 Å². The second-order valence-electron chi connectivity index (χ2n) is 3.37. The predicted octanol–water partition coefficient (Wildman–Crippen LogP) is 2.20. The SMILES string of the molecule is CC(C(=O)O)C(C)C(=O)Nc1ncc(Br)s1. The molecule has 0 spiro atoms. The summed E-state index contributed by atoms with van der Waals surface area (Å²) in [6, 6.07) is 0. The van der Waals surface area contributed by atoms with E-state index < -0.39 is 17.8 Å². The fourth-order valence-electron chi connectivity index (χ4n) is 0.972. The van der Waals surface area contributed by atoms with Crippen LogP contribution >= 0.6 is 27.3 Å². The third-order valence-electron chi connectivity index (χ3n) is 2.26. The Kier molecular flexibility index (Phi) is 4.43. The summed E-state index contributed by atoms with van der Waals surface area (Å²) in [5.41, 5.74) is 0. The number of nitrogens with zero attached hydrogens (tertiary/aromatic N) is 1. The van der Waals surface area contributed by atoms with Crippen LogP contribution in [0.4, 0.5) is 5.13 Å². The Morgan fingerprint density at radius 1 is 1.50 bits per heavy atom. The first-order valence-electron chi connectivity index (χ1n) is 4.56. The molecule has 7 heteroatoms. The number of nitrogens with one attached hydrogen (secondary N) is 1. The lowest BCUT2D eigenvalue weighted by Crippen LogP contribution is -2.29. The van der Waals surface area contributed by atoms with Crippen LogP contribution in [0.15, 0.2) is 9.98 Å². The molecular weight excluding hydrogens is 296 g/mol. The summed E-state index contributed by atoms with van der Waals surface area (Å²) in [5, 5.41) is 11.8. The number of hydrogen-bond acceptors (Lipinski definition) is 4. The lowest BCUT2D eigenvalue weighted by molar-refractivity contribution is -0.145. The van der Waals surface area contributed by atoms with Gasteiger partial charge in [0.1, 0.15) is 0 Å². The Morgan fingerprint density at radius 2 is 2.12 bits per heavy atom. The average Bonchev–Trinajstić information content (AvgIpc) is 2.61. The van der Waals surface area contributed by atoms with Crippen molar-refractivity contribution >= 4 is 44.3 Å². The summed E-state index contributed by atoms with van der Waals surface area (Å²) >= 11 is 4.50. The maximum absolute atomic E-state index is 11.6. The van der Waals surface area contributed by atoms with E-state index in [1.54, 1.807) is 13.1 Å². The zero-order chi connectivity index (χ0) is 12.3. The number of anilines is 1. The van der Waals surface area contributed by atoms with E-state index in [1.165, 1.54) is 18.3 Å². The Labute approximate surface area is 105 Å². The van der Waals surface area contributed by atoms with Crippen molar-refractivity contribution in [2.75, 3.05) is 5.32 Å². The van der Waals surface area contributed by atoms with Crippen LogP contribution in [0.2, 0.25) is 0 Å². The molecule has 0 fully saturated rings. The molecule has 88 valence electrons. The van der Waals surface area contributed by atoms with Crippen molar-refractivity contribution in [1.29, 1.82) is 0 Å². The molecule has 0 radical (unpaired) electrons. The number of hydrogen-bond donors (Lipinski definition) is 2. The first-order valence-corrected chi connectivity index (χ1v) is 6.17. The van der Waals surface area contributed by atoms with Crippen LogP contribution < -0.4 is 5.32 Å². The Hall–Kier alpha value is -0.950. The minimum Gasteiger partial charge on any atom is -0.481 e. The lowest BCUT2D eigenvalue weighted by atomic mass is 9.95. The topological polar surface area (TPSA) is 79.3 Å². The second kappa shape index (κ2) is 5.40. The maximum atomic E-state index is 11.6.